The number of amides is 2. The van der Waals surface area contributed by atoms with E-state index in [-0.39, 0.29) is 11.8 Å². The van der Waals surface area contributed by atoms with Gasteiger partial charge in [-0.25, -0.2) is 5.43 Å². The highest BCUT2D eigenvalue weighted by Crippen LogP contribution is 2.23. The van der Waals surface area contributed by atoms with Crippen LogP contribution < -0.4 is 10.7 Å². The second-order valence-electron chi connectivity index (χ2n) is 5.01. The molecule has 1 aromatic heterocycles. The van der Waals surface area contributed by atoms with Gasteiger partial charge in [-0.2, -0.15) is 5.10 Å². The Hall–Kier alpha value is -2.44. The van der Waals surface area contributed by atoms with Crippen molar-refractivity contribution in [2.24, 2.45) is 5.10 Å². The van der Waals surface area contributed by atoms with Gasteiger partial charge in [-0.15, -0.1) is 11.3 Å². The summed E-state index contributed by atoms with van der Waals surface area (Å²) in [5.41, 5.74) is 4.27. The van der Waals surface area contributed by atoms with Gasteiger partial charge in [-0.1, -0.05) is 29.8 Å². The zero-order chi connectivity index (χ0) is 17.5. The van der Waals surface area contributed by atoms with E-state index in [1.165, 1.54) is 17.4 Å². The average molecular weight is 362 g/mol. The molecule has 1 heterocycles. The lowest BCUT2D eigenvalue weighted by atomic mass is 10.2. The molecule has 2 rings (SSSR count). The van der Waals surface area contributed by atoms with E-state index in [1.54, 1.807) is 43.5 Å². The smallest absolute Gasteiger partial charge is 0.274 e. The maximum absolute atomic E-state index is 12.0. The number of benzene rings is 1. The third-order valence-corrected chi connectivity index (χ3v) is 4.02. The topological polar surface area (TPSA) is 70.6 Å². The first-order valence-electron chi connectivity index (χ1n) is 7.09. The highest BCUT2D eigenvalue weighted by molar-refractivity contribution is 7.14. The molecule has 2 N–H and O–H groups in total. The van der Waals surface area contributed by atoms with Crippen molar-refractivity contribution >= 4 is 51.5 Å². The van der Waals surface area contributed by atoms with Crippen molar-refractivity contribution in [2.75, 3.05) is 5.32 Å². The number of nitrogens with zero attached hydrogens (tertiary/aromatic N) is 1. The lowest BCUT2D eigenvalue weighted by molar-refractivity contribution is -0.111. The molecule has 24 heavy (non-hydrogen) atoms. The highest BCUT2D eigenvalue weighted by Gasteiger charge is 2.13. The third-order valence-electron chi connectivity index (χ3n) is 2.85. The number of anilines is 1. The van der Waals surface area contributed by atoms with Crippen LogP contribution in [0.15, 0.2) is 46.9 Å². The first-order chi connectivity index (χ1) is 11.5. The molecule has 0 fully saturated rings. The molecule has 0 aliphatic carbocycles. The fraction of sp³-hybridized carbons (Fsp3) is 0.118. The number of hydrogen-bond donors (Lipinski definition) is 2. The fourth-order valence-electron chi connectivity index (χ4n) is 1.74. The fourth-order valence-corrected chi connectivity index (χ4v) is 2.72. The van der Waals surface area contributed by atoms with Crippen LogP contribution in [0, 0.1) is 0 Å². The molecule has 0 aliphatic rings. The Morgan fingerprint density at radius 1 is 1.21 bits per heavy atom. The maximum atomic E-state index is 12.0. The number of hydrazone groups is 1. The lowest BCUT2D eigenvalue weighted by Crippen LogP contribution is -2.20. The summed E-state index contributed by atoms with van der Waals surface area (Å²) in [6, 6.07) is 8.84. The molecule has 1 aromatic carbocycles. The minimum atomic E-state index is -0.372. The van der Waals surface area contributed by atoms with Crippen LogP contribution in [-0.2, 0) is 4.79 Å². The average Bonchev–Trinajstić information content (AvgIpc) is 3.00. The molecule has 2 amide bonds. The molecule has 0 spiro atoms. The monoisotopic (exact) mass is 361 g/mol. The molecule has 0 saturated carbocycles. The van der Waals surface area contributed by atoms with Gasteiger partial charge in [0, 0.05) is 16.8 Å². The number of nitrogens with one attached hydrogen (secondary N) is 2. The zero-order valence-electron chi connectivity index (χ0n) is 13.2. The van der Waals surface area contributed by atoms with Crippen LogP contribution in [-0.4, -0.2) is 17.5 Å². The van der Waals surface area contributed by atoms with Gasteiger partial charge >= 0.3 is 0 Å². The van der Waals surface area contributed by atoms with Gasteiger partial charge in [0.1, 0.15) is 5.00 Å². The lowest BCUT2D eigenvalue weighted by Gasteiger charge is -2.04. The molecule has 0 saturated heterocycles. The number of carbonyl (C=O) groups excluding carboxylic acids is 2. The van der Waals surface area contributed by atoms with E-state index in [0.29, 0.717) is 15.6 Å². The van der Waals surface area contributed by atoms with Crippen LogP contribution in [0.25, 0.3) is 6.08 Å². The minimum absolute atomic E-state index is 0.346. The second kappa shape index (κ2) is 8.42. The largest absolute Gasteiger partial charge is 0.313 e. The summed E-state index contributed by atoms with van der Waals surface area (Å²) in [4.78, 5) is 24.1. The summed E-state index contributed by atoms with van der Waals surface area (Å²) in [5.74, 6) is -0.718. The standard InChI is InChI=1S/C17H16ClN3O2S/c1-11(2)20-21-16(23)13-9-10-24-17(13)19-15(22)8-7-12-5-3-4-6-14(12)18/h3-10H,1-2H3,(H,19,22)(H,21,23). The molecule has 2 aromatic rings. The second-order valence-corrected chi connectivity index (χ2v) is 6.33. The molecule has 7 heteroatoms. The van der Waals surface area contributed by atoms with Gasteiger partial charge in [-0.05, 0) is 43.0 Å². The number of halogens is 1. The van der Waals surface area contributed by atoms with Crippen molar-refractivity contribution in [3.05, 3.63) is 57.9 Å². The molecule has 0 aliphatic heterocycles. The highest BCUT2D eigenvalue weighted by atomic mass is 35.5. The molecule has 0 radical (unpaired) electrons. The Morgan fingerprint density at radius 2 is 1.96 bits per heavy atom. The van der Waals surface area contributed by atoms with E-state index >= 15 is 0 Å². The molecule has 124 valence electrons. The van der Waals surface area contributed by atoms with Crippen LogP contribution in [0.1, 0.15) is 29.8 Å². The SMILES string of the molecule is CC(C)=NNC(=O)c1ccsc1NC(=O)C=Cc1ccccc1Cl. The van der Waals surface area contributed by atoms with Gasteiger partial charge in [0.25, 0.3) is 5.91 Å². The molecule has 0 bridgehead atoms. The summed E-state index contributed by atoms with van der Waals surface area (Å²) in [7, 11) is 0. The molecular formula is C17H16ClN3O2S. The van der Waals surface area contributed by atoms with Gasteiger partial charge in [0.2, 0.25) is 5.91 Å². The third kappa shape index (κ3) is 5.04. The first kappa shape index (κ1) is 17.9. The summed E-state index contributed by atoms with van der Waals surface area (Å²) in [6.07, 6.45) is 2.99. The van der Waals surface area contributed by atoms with Crippen LogP contribution in [0.5, 0.6) is 0 Å². The van der Waals surface area contributed by atoms with Crippen molar-refractivity contribution in [3.63, 3.8) is 0 Å². The summed E-state index contributed by atoms with van der Waals surface area (Å²) >= 11 is 7.30. The van der Waals surface area contributed by atoms with Gasteiger partial charge in [0.15, 0.2) is 0 Å². The van der Waals surface area contributed by atoms with E-state index in [9.17, 15) is 9.59 Å². The Kier molecular flexibility index (Phi) is 6.28. The summed E-state index contributed by atoms with van der Waals surface area (Å²) < 4.78 is 0. The van der Waals surface area contributed by atoms with Gasteiger partial charge in [-0.3, -0.25) is 9.59 Å². The van der Waals surface area contributed by atoms with Crippen molar-refractivity contribution in [2.45, 2.75) is 13.8 Å². The van der Waals surface area contributed by atoms with E-state index in [2.05, 4.69) is 15.8 Å². The van der Waals surface area contributed by atoms with Gasteiger partial charge in [0.05, 0.1) is 5.56 Å². The quantitative estimate of drug-likeness (QED) is 0.476. The Labute approximate surface area is 149 Å². The van der Waals surface area contributed by atoms with E-state index < -0.39 is 0 Å². The van der Waals surface area contributed by atoms with Crippen LogP contribution >= 0.6 is 22.9 Å². The number of rotatable bonds is 5. The normalized spacial score (nSPS) is 10.5. The van der Waals surface area contributed by atoms with Crippen molar-refractivity contribution < 1.29 is 9.59 Å². The molecular weight excluding hydrogens is 346 g/mol. The van der Waals surface area contributed by atoms with Crippen LogP contribution in [0.4, 0.5) is 5.00 Å². The molecule has 0 atom stereocenters. The first-order valence-corrected chi connectivity index (χ1v) is 8.35. The summed E-state index contributed by atoms with van der Waals surface area (Å²) in [5, 5.41) is 9.31. The predicted molar refractivity (Wildman–Crippen MR) is 99.7 cm³/mol. The van der Waals surface area contributed by atoms with Crippen LogP contribution in [0.2, 0.25) is 5.02 Å². The van der Waals surface area contributed by atoms with Gasteiger partial charge < -0.3 is 5.32 Å². The minimum Gasteiger partial charge on any atom is -0.313 e. The van der Waals surface area contributed by atoms with Crippen LogP contribution in [0.3, 0.4) is 0 Å². The van der Waals surface area contributed by atoms with Crippen molar-refractivity contribution in [1.82, 2.24) is 5.43 Å². The maximum Gasteiger partial charge on any atom is 0.274 e. The Balaban J connectivity index is 2.05. The van der Waals surface area contributed by atoms with E-state index in [4.69, 9.17) is 11.6 Å². The number of carbonyl (C=O) groups is 2. The van der Waals surface area contributed by atoms with Crippen molar-refractivity contribution in [1.29, 1.82) is 0 Å². The number of hydrogen-bond acceptors (Lipinski definition) is 4. The molecule has 5 nitrogen and oxygen atoms in total. The Bertz CT molecular complexity index is 808. The van der Waals surface area contributed by atoms with E-state index in [0.717, 1.165) is 11.3 Å². The zero-order valence-corrected chi connectivity index (χ0v) is 14.7. The number of thiophene rings is 1. The Morgan fingerprint density at radius 3 is 2.67 bits per heavy atom. The predicted octanol–water partition coefficient (Wildman–Crippen LogP) is 4.18. The summed E-state index contributed by atoms with van der Waals surface area (Å²) in [6.45, 7) is 3.55. The molecule has 0 unspecified atom stereocenters. The van der Waals surface area contributed by atoms with E-state index in [1.807, 2.05) is 12.1 Å². The van der Waals surface area contributed by atoms with Crippen molar-refractivity contribution in [3.8, 4) is 0 Å².